The Morgan fingerprint density at radius 2 is 0.906 bits per heavy atom. The van der Waals surface area contributed by atoms with Crippen LogP contribution in [-0.2, 0) is 19.2 Å². The van der Waals surface area contributed by atoms with Crippen molar-refractivity contribution in [2.24, 2.45) is 0 Å². The Morgan fingerprint density at radius 3 is 1.22 bits per heavy atom. The maximum atomic E-state index is 11.2. The highest BCUT2D eigenvalue weighted by Crippen LogP contribution is 2.14. The van der Waals surface area contributed by atoms with Gasteiger partial charge in [0.15, 0.2) is 0 Å². The highest BCUT2D eigenvalue weighted by molar-refractivity contribution is 6.13. The molecule has 2 N–H and O–H groups in total. The van der Waals surface area contributed by atoms with Crippen LogP contribution in [0.4, 0.5) is 0 Å². The summed E-state index contributed by atoms with van der Waals surface area (Å²) in [6.45, 7) is 4.41. The van der Waals surface area contributed by atoms with Gasteiger partial charge in [-0.05, 0) is 25.7 Å². The van der Waals surface area contributed by atoms with Crippen molar-refractivity contribution >= 4 is 23.6 Å². The van der Waals surface area contributed by atoms with E-state index in [2.05, 4.69) is 24.5 Å². The summed E-state index contributed by atoms with van der Waals surface area (Å²) in [4.78, 5) is 44.2. The van der Waals surface area contributed by atoms with E-state index in [-0.39, 0.29) is 36.5 Å². The molecule has 6 heteroatoms. The minimum absolute atomic E-state index is 0.166. The lowest BCUT2D eigenvalue weighted by molar-refractivity contribution is -0.125. The van der Waals surface area contributed by atoms with E-state index in [1.807, 2.05) is 12.2 Å². The van der Waals surface area contributed by atoms with E-state index in [0.717, 1.165) is 25.7 Å². The normalized spacial score (nSPS) is 18.2. The molecule has 0 atom stereocenters. The molecule has 6 nitrogen and oxygen atoms in total. The van der Waals surface area contributed by atoms with Gasteiger partial charge in [-0.1, -0.05) is 90.2 Å². The molecule has 0 aromatic heterocycles. The first-order chi connectivity index (χ1) is 15.5. The summed E-state index contributed by atoms with van der Waals surface area (Å²) >= 11 is 0. The van der Waals surface area contributed by atoms with Crippen LogP contribution in [0.25, 0.3) is 0 Å². The first-order valence-corrected chi connectivity index (χ1v) is 12.5. The minimum atomic E-state index is -0.200. The van der Waals surface area contributed by atoms with E-state index >= 15 is 0 Å². The largest absolute Gasteiger partial charge is 0.292 e. The smallest absolute Gasteiger partial charge is 0.253 e. The van der Waals surface area contributed by atoms with Crippen molar-refractivity contribution in [3.05, 3.63) is 23.3 Å². The topological polar surface area (TPSA) is 92.3 Å². The number of amides is 4. The third-order valence-electron chi connectivity index (χ3n) is 5.69. The van der Waals surface area contributed by atoms with Crippen molar-refractivity contribution in [3.8, 4) is 0 Å². The Hall–Kier alpha value is -2.24. The minimum Gasteiger partial charge on any atom is -0.292 e. The molecule has 180 valence electrons. The zero-order valence-corrected chi connectivity index (χ0v) is 20.1. The summed E-state index contributed by atoms with van der Waals surface area (Å²) in [5, 5.41) is 4.58. The van der Waals surface area contributed by atoms with Crippen molar-refractivity contribution in [1.82, 2.24) is 10.6 Å². The molecular formula is C26H42N2O4. The zero-order valence-electron chi connectivity index (χ0n) is 20.1. The molecule has 32 heavy (non-hydrogen) atoms. The van der Waals surface area contributed by atoms with Crippen molar-refractivity contribution in [3.63, 3.8) is 0 Å². The molecular weight excluding hydrogens is 404 g/mol. The predicted octanol–water partition coefficient (Wildman–Crippen LogP) is 5.42. The van der Waals surface area contributed by atoms with Crippen LogP contribution in [0, 0.1) is 0 Å². The Morgan fingerprint density at radius 1 is 0.562 bits per heavy atom. The van der Waals surface area contributed by atoms with Crippen LogP contribution in [0.5, 0.6) is 0 Å². The Balaban J connectivity index is 0.000000323. The second kappa shape index (κ2) is 17.3. The van der Waals surface area contributed by atoms with Gasteiger partial charge in [-0.25, -0.2) is 0 Å². The number of rotatable bonds is 14. The molecule has 2 saturated heterocycles. The monoisotopic (exact) mass is 446 g/mol. The highest BCUT2D eigenvalue weighted by Gasteiger charge is 2.23. The number of hydrogen-bond donors (Lipinski definition) is 2. The van der Waals surface area contributed by atoms with E-state index in [0.29, 0.717) is 11.1 Å². The second-order valence-corrected chi connectivity index (χ2v) is 8.68. The second-order valence-electron chi connectivity index (χ2n) is 8.68. The van der Waals surface area contributed by atoms with Crippen molar-refractivity contribution in [1.29, 1.82) is 0 Å². The van der Waals surface area contributed by atoms with Crippen LogP contribution in [0.1, 0.15) is 117 Å². The number of carbonyl (C=O) groups excluding carboxylic acids is 4. The van der Waals surface area contributed by atoms with Crippen molar-refractivity contribution in [2.75, 3.05) is 0 Å². The molecule has 2 fully saturated rings. The molecule has 4 amide bonds. The Kier molecular flexibility index (Phi) is 15.1. The third-order valence-corrected chi connectivity index (χ3v) is 5.69. The molecule has 2 aliphatic rings. The maximum Gasteiger partial charge on any atom is 0.253 e. The Labute approximate surface area is 193 Å². The summed E-state index contributed by atoms with van der Waals surface area (Å²) in [5.74, 6) is -0.732. The lowest BCUT2D eigenvalue weighted by Gasteiger charge is -1.99. The maximum absolute atomic E-state index is 11.2. The standard InChI is InChI=1S/C14H23NO2.C12H19NO2/c1-2-3-4-5-6-7-8-9-10-12-11-13(16)15-14(12)17;1-2-3-4-5-6-7-8-10-9-11(14)13-12(10)15/h10H,2-9,11H2,1H3,(H,15,16,17);8H,2-7,9H2,1H3,(H,13,14,15)/b12-10+;10-8+. The molecule has 2 aliphatic heterocycles. The van der Waals surface area contributed by atoms with E-state index in [4.69, 9.17) is 0 Å². The average molecular weight is 447 g/mol. The van der Waals surface area contributed by atoms with E-state index < -0.39 is 0 Å². The van der Waals surface area contributed by atoms with Crippen molar-refractivity contribution in [2.45, 2.75) is 117 Å². The fraction of sp³-hybridized carbons (Fsp3) is 0.692. The number of hydrogen-bond acceptors (Lipinski definition) is 4. The summed E-state index contributed by atoms with van der Waals surface area (Å²) in [7, 11) is 0. The zero-order chi connectivity index (χ0) is 23.6. The molecule has 0 saturated carbocycles. The molecule has 2 rings (SSSR count). The first kappa shape index (κ1) is 27.8. The third kappa shape index (κ3) is 12.6. The quantitative estimate of drug-likeness (QED) is 0.212. The fourth-order valence-corrected chi connectivity index (χ4v) is 3.74. The molecule has 0 spiro atoms. The van der Waals surface area contributed by atoms with Crippen LogP contribution < -0.4 is 10.6 Å². The number of imide groups is 2. The SMILES string of the molecule is CCCCCCC/C=C1\CC(=O)NC1=O.CCCCCCCCC/C=C1\CC(=O)NC1=O. The van der Waals surface area contributed by atoms with E-state index in [9.17, 15) is 19.2 Å². The molecule has 0 bridgehead atoms. The summed E-state index contributed by atoms with van der Waals surface area (Å²) < 4.78 is 0. The van der Waals surface area contributed by atoms with Crippen LogP contribution in [-0.4, -0.2) is 23.6 Å². The fourth-order valence-electron chi connectivity index (χ4n) is 3.74. The van der Waals surface area contributed by atoms with E-state index in [1.165, 1.54) is 64.2 Å². The lowest BCUT2D eigenvalue weighted by Crippen LogP contribution is -2.19. The lowest BCUT2D eigenvalue weighted by atomic mass is 10.1. The van der Waals surface area contributed by atoms with Crippen molar-refractivity contribution < 1.29 is 19.2 Å². The van der Waals surface area contributed by atoms with Gasteiger partial charge in [0, 0.05) is 11.1 Å². The molecule has 0 radical (unpaired) electrons. The number of allylic oxidation sites excluding steroid dienone is 2. The van der Waals surface area contributed by atoms with Gasteiger partial charge in [-0.3, -0.25) is 29.8 Å². The van der Waals surface area contributed by atoms with Gasteiger partial charge in [0.25, 0.3) is 11.8 Å². The van der Waals surface area contributed by atoms with Gasteiger partial charge in [-0.15, -0.1) is 0 Å². The van der Waals surface area contributed by atoms with Gasteiger partial charge in [0.2, 0.25) is 11.8 Å². The summed E-state index contributed by atoms with van der Waals surface area (Å²) in [5.41, 5.74) is 1.30. The van der Waals surface area contributed by atoms with Crippen LogP contribution >= 0.6 is 0 Å². The van der Waals surface area contributed by atoms with Gasteiger partial charge in [-0.2, -0.15) is 0 Å². The molecule has 2 heterocycles. The summed E-state index contributed by atoms with van der Waals surface area (Å²) in [6, 6.07) is 0. The van der Waals surface area contributed by atoms with Gasteiger partial charge in [0.1, 0.15) is 0 Å². The van der Waals surface area contributed by atoms with E-state index in [1.54, 1.807) is 0 Å². The molecule has 0 aliphatic carbocycles. The number of carbonyl (C=O) groups is 4. The van der Waals surface area contributed by atoms with Gasteiger partial charge in [0.05, 0.1) is 12.8 Å². The number of unbranched alkanes of at least 4 members (excludes halogenated alkanes) is 12. The molecule has 0 aromatic carbocycles. The Bertz CT molecular complexity index is 679. The van der Waals surface area contributed by atoms with Gasteiger partial charge >= 0.3 is 0 Å². The molecule has 0 unspecified atom stereocenters. The van der Waals surface area contributed by atoms with Gasteiger partial charge < -0.3 is 0 Å². The summed E-state index contributed by atoms with van der Waals surface area (Å²) in [6.07, 6.45) is 21.3. The predicted molar refractivity (Wildman–Crippen MR) is 128 cm³/mol. The van der Waals surface area contributed by atoms with Crippen LogP contribution in [0.3, 0.4) is 0 Å². The number of nitrogens with one attached hydrogen (secondary N) is 2. The highest BCUT2D eigenvalue weighted by atomic mass is 16.2. The first-order valence-electron chi connectivity index (χ1n) is 12.5. The molecule has 0 aromatic rings. The average Bonchev–Trinajstić information content (AvgIpc) is 3.26. The van der Waals surface area contributed by atoms with Crippen LogP contribution in [0.2, 0.25) is 0 Å². The van der Waals surface area contributed by atoms with Crippen LogP contribution in [0.15, 0.2) is 23.3 Å².